The molecule has 140 valence electrons. The molecule has 1 aromatic heterocycles. The number of hydrogen-bond acceptors (Lipinski definition) is 6. The second-order valence-corrected chi connectivity index (χ2v) is 9.25. The van der Waals surface area contributed by atoms with Crippen molar-refractivity contribution >= 4 is 34.1 Å². The van der Waals surface area contributed by atoms with Gasteiger partial charge in [-0.2, -0.15) is 0 Å². The van der Waals surface area contributed by atoms with E-state index in [0.29, 0.717) is 11.7 Å². The Bertz CT molecular complexity index is 747. The minimum absolute atomic E-state index is 0.142. The highest BCUT2D eigenvalue weighted by molar-refractivity contribution is 8.01. The van der Waals surface area contributed by atoms with Gasteiger partial charge in [0.25, 0.3) is 0 Å². The normalized spacial score (nSPS) is 16.4. The van der Waals surface area contributed by atoms with Gasteiger partial charge >= 0.3 is 0 Å². The van der Waals surface area contributed by atoms with Crippen LogP contribution < -0.4 is 5.32 Å². The molecule has 5 nitrogen and oxygen atoms in total. The van der Waals surface area contributed by atoms with Crippen molar-refractivity contribution < 1.29 is 4.79 Å². The average molecular weight is 391 g/mol. The lowest BCUT2D eigenvalue weighted by atomic mass is 9.87. The molecule has 3 rings (SSSR count). The highest BCUT2D eigenvalue weighted by Crippen LogP contribution is 2.34. The molecule has 0 radical (unpaired) electrons. The number of anilines is 1. The van der Waals surface area contributed by atoms with Crippen molar-refractivity contribution in [2.75, 3.05) is 24.7 Å². The van der Waals surface area contributed by atoms with Crippen molar-refractivity contribution in [1.82, 2.24) is 15.1 Å². The standard InChI is InChI=1S/C19H26N4OS2/c1-13(2)11-20-18-21-22-19(26-18)25-12-17(24)23(3)16-10-6-8-14-7-4-5-9-15(14)16/h4-5,7,9,13,16H,6,8,10-12H2,1-3H3,(H,20,21). The molecule has 1 aliphatic carbocycles. The first kappa shape index (κ1) is 19.2. The van der Waals surface area contributed by atoms with E-state index in [0.717, 1.165) is 35.3 Å². The summed E-state index contributed by atoms with van der Waals surface area (Å²) in [6, 6.07) is 8.68. The maximum absolute atomic E-state index is 12.7. The van der Waals surface area contributed by atoms with Gasteiger partial charge in [0.15, 0.2) is 4.34 Å². The summed E-state index contributed by atoms with van der Waals surface area (Å²) in [5, 5.41) is 12.4. The van der Waals surface area contributed by atoms with Crippen LogP contribution in [-0.4, -0.2) is 40.3 Å². The zero-order valence-electron chi connectivity index (χ0n) is 15.6. The largest absolute Gasteiger partial charge is 0.360 e. The summed E-state index contributed by atoms with van der Waals surface area (Å²) < 4.78 is 0.835. The summed E-state index contributed by atoms with van der Waals surface area (Å²) >= 11 is 2.98. The second kappa shape index (κ2) is 8.86. The number of aryl methyl sites for hydroxylation is 1. The molecule has 1 unspecified atom stereocenters. The molecule has 0 saturated heterocycles. The van der Waals surface area contributed by atoms with Crippen LogP contribution in [0.4, 0.5) is 5.13 Å². The molecule has 0 aliphatic heterocycles. The highest BCUT2D eigenvalue weighted by atomic mass is 32.2. The molecule has 26 heavy (non-hydrogen) atoms. The molecule has 1 aliphatic rings. The number of thioether (sulfide) groups is 1. The van der Waals surface area contributed by atoms with Crippen LogP contribution in [0.25, 0.3) is 0 Å². The summed E-state index contributed by atoms with van der Waals surface area (Å²) in [4.78, 5) is 14.6. The van der Waals surface area contributed by atoms with E-state index in [9.17, 15) is 4.79 Å². The van der Waals surface area contributed by atoms with Gasteiger partial charge in [-0.15, -0.1) is 10.2 Å². The number of benzene rings is 1. The fourth-order valence-corrected chi connectivity index (χ4v) is 4.84. The van der Waals surface area contributed by atoms with Crippen molar-refractivity contribution in [3.8, 4) is 0 Å². The number of rotatable bonds is 7. The van der Waals surface area contributed by atoms with Crippen molar-refractivity contribution in [3.05, 3.63) is 35.4 Å². The third-order valence-corrected chi connectivity index (χ3v) is 6.58. The second-order valence-electron chi connectivity index (χ2n) is 7.05. The van der Waals surface area contributed by atoms with Crippen LogP contribution in [0.1, 0.15) is 43.9 Å². The van der Waals surface area contributed by atoms with Crippen molar-refractivity contribution in [2.24, 2.45) is 5.92 Å². The smallest absolute Gasteiger partial charge is 0.233 e. The maximum Gasteiger partial charge on any atom is 0.233 e. The van der Waals surface area contributed by atoms with Gasteiger partial charge < -0.3 is 10.2 Å². The molecule has 1 amide bonds. The van der Waals surface area contributed by atoms with E-state index in [1.54, 1.807) is 0 Å². The molecule has 0 bridgehead atoms. The minimum Gasteiger partial charge on any atom is -0.360 e. The van der Waals surface area contributed by atoms with Gasteiger partial charge in [-0.05, 0) is 36.3 Å². The fourth-order valence-electron chi connectivity index (χ4n) is 3.16. The Morgan fingerprint density at radius 3 is 3.00 bits per heavy atom. The van der Waals surface area contributed by atoms with E-state index in [1.807, 2.05) is 11.9 Å². The van der Waals surface area contributed by atoms with Crippen LogP contribution in [-0.2, 0) is 11.2 Å². The van der Waals surface area contributed by atoms with Gasteiger partial charge in [0.2, 0.25) is 11.0 Å². The highest BCUT2D eigenvalue weighted by Gasteiger charge is 2.26. The topological polar surface area (TPSA) is 58.1 Å². The van der Waals surface area contributed by atoms with Crippen LogP contribution in [0.2, 0.25) is 0 Å². The molecule has 1 aromatic carbocycles. The molecule has 1 N–H and O–H groups in total. The van der Waals surface area contributed by atoms with Gasteiger partial charge in [-0.25, -0.2) is 0 Å². The van der Waals surface area contributed by atoms with Crippen LogP contribution in [0.3, 0.4) is 0 Å². The van der Waals surface area contributed by atoms with Crippen LogP contribution >= 0.6 is 23.1 Å². The van der Waals surface area contributed by atoms with Crippen LogP contribution in [0, 0.1) is 5.92 Å². The molecular formula is C19H26N4OS2. The van der Waals surface area contributed by atoms with Crippen molar-refractivity contribution in [1.29, 1.82) is 0 Å². The first-order valence-electron chi connectivity index (χ1n) is 9.08. The van der Waals surface area contributed by atoms with E-state index < -0.39 is 0 Å². The number of carbonyl (C=O) groups is 1. The monoisotopic (exact) mass is 390 g/mol. The Hall–Kier alpha value is -1.60. The number of hydrogen-bond donors (Lipinski definition) is 1. The van der Waals surface area contributed by atoms with E-state index >= 15 is 0 Å². The summed E-state index contributed by atoms with van der Waals surface area (Å²) in [6.45, 7) is 5.19. The van der Waals surface area contributed by atoms with Crippen molar-refractivity contribution in [2.45, 2.75) is 43.5 Å². The lowest BCUT2D eigenvalue weighted by Gasteiger charge is -2.33. The van der Waals surface area contributed by atoms with Gasteiger partial charge in [-0.3, -0.25) is 4.79 Å². The molecule has 2 aromatic rings. The lowest BCUT2D eigenvalue weighted by Crippen LogP contribution is -2.34. The van der Waals surface area contributed by atoms with E-state index in [4.69, 9.17) is 0 Å². The predicted octanol–water partition coefficient (Wildman–Crippen LogP) is 4.23. The minimum atomic E-state index is 0.142. The number of nitrogens with one attached hydrogen (secondary N) is 1. The first-order valence-corrected chi connectivity index (χ1v) is 10.9. The summed E-state index contributed by atoms with van der Waals surface area (Å²) in [7, 11) is 1.92. The van der Waals surface area contributed by atoms with Crippen LogP contribution in [0.5, 0.6) is 0 Å². The van der Waals surface area contributed by atoms with Gasteiger partial charge in [0, 0.05) is 13.6 Å². The summed E-state index contributed by atoms with van der Waals surface area (Å²) in [5.41, 5.74) is 2.68. The summed E-state index contributed by atoms with van der Waals surface area (Å²) in [5.74, 6) is 1.10. The predicted molar refractivity (Wildman–Crippen MR) is 109 cm³/mol. The lowest BCUT2D eigenvalue weighted by molar-refractivity contribution is -0.129. The Balaban J connectivity index is 1.55. The number of carbonyl (C=O) groups excluding carboxylic acids is 1. The average Bonchev–Trinajstić information content (AvgIpc) is 3.11. The van der Waals surface area contributed by atoms with Gasteiger partial charge in [0.1, 0.15) is 0 Å². The molecular weight excluding hydrogens is 364 g/mol. The fraction of sp³-hybridized carbons (Fsp3) is 0.526. The Morgan fingerprint density at radius 2 is 2.19 bits per heavy atom. The number of fused-ring (bicyclic) bond motifs is 1. The third kappa shape index (κ3) is 4.76. The quantitative estimate of drug-likeness (QED) is 0.717. The molecule has 0 spiro atoms. The Kier molecular flexibility index (Phi) is 6.53. The van der Waals surface area contributed by atoms with E-state index in [2.05, 4.69) is 53.6 Å². The van der Waals surface area contributed by atoms with Gasteiger partial charge in [-0.1, -0.05) is 61.2 Å². The third-order valence-electron chi connectivity index (χ3n) is 4.59. The van der Waals surface area contributed by atoms with Crippen molar-refractivity contribution in [3.63, 3.8) is 0 Å². The summed E-state index contributed by atoms with van der Waals surface area (Å²) in [6.07, 6.45) is 3.28. The number of aromatic nitrogens is 2. The maximum atomic E-state index is 12.7. The molecule has 1 heterocycles. The SMILES string of the molecule is CC(C)CNc1nnc(SCC(=O)N(C)C2CCCc3ccccc32)s1. The van der Waals surface area contributed by atoms with E-state index in [1.165, 1.54) is 34.2 Å². The van der Waals surface area contributed by atoms with E-state index in [-0.39, 0.29) is 11.9 Å². The Morgan fingerprint density at radius 1 is 1.38 bits per heavy atom. The zero-order valence-corrected chi connectivity index (χ0v) is 17.2. The first-order chi connectivity index (χ1) is 12.5. The molecule has 0 fully saturated rings. The number of amides is 1. The Labute approximate surface area is 163 Å². The number of nitrogens with zero attached hydrogens (tertiary/aromatic N) is 3. The molecule has 0 saturated carbocycles. The molecule has 7 heteroatoms. The molecule has 1 atom stereocenters. The van der Waals surface area contributed by atoms with Crippen LogP contribution in [0.15, 0.2) is 28.6 Å². The van der Waals surface area contributed by atoms with Gasteiger partial charge in [0.05, 0.1) is 11.8 Å². The zero-order chi connectivity index (χ0) is 18.5.